The second kappa shape index (κ2) is 3.15. The molecule has 0 radical (unpaired) electrons. The first-order chi connectivity index (χ1) is 4.83. The van der Waals surface area contributed by atoms with Gasteiger partial charge in [0, 0.05) is 19.1 Å². The summed E-state index contributed by atoms with van der Waals surface area (Å²) in [4.78, 5) is 10.6. The molecule has 0 aromatic heterocycles. The van der Waals surface area contributed by atoms with Crippen LogP contribution in [0.2, 0.25) is 0 Å². The first-order valence-corrected chi connectivity index (χ1v) is 3.78. The molecule has 0 N–H and O–H groups in total. The van der Waals surface area contributed by atoms with Crippen molar-refractivity contribution in [2.24, 2.45) is 5.41 Å². The van der Waals surface area contributed by atoms with Gasteiger partial charge in [0.05, 0.1) is 0 Å². The fourth-order valence-electron chi connectivity index (χ4n) is 1.36. The molecule has 0 saturated heterocycles. The first-order valence-electron chi connectivity index (χ1n) is 3.78. The normalized spacial score (nSPS) is 21.7. The van der Waals surface area contributed by atoms with Crippen molar-refractivity contribution in [2.45, 2.75) is 25.7 Å². The van der Waals surface area contributed by atoms with E-state index in [0.29, 0.717) is 0 Å². The monoisotopic (exact) mass is 142 g/mol. The van der Waals surface area contributed by atoms with Crippen LogP contribution < -0.4 is 0 Å². The van der Waals surface area contributed by atoms with E-state index in [1.165, 1.54) is 6.42 Å². The van der Waals surface area contributed by atoms with Gasteiger partial charge < -0.3 is 9.53 Å². The molecule has 0 aromatic carbocycles. The number of hydrogen-bond acceptors (Lipinski definition) is 2. The maximum Gasteiger partial charge on any atom is 0.126 e. The van der Waals surface area contributed by atoms with Gasteiger partial charge in [0.2, 0.25) is 0 Å². The van der Waals surface area contributed by atoms with E-state index in [4.69, 9.17) is 4.74 Å². The quantitative estimate of drug-likeness (QED) is 0.554. The Kier molecular flexibility index (Phi) is 2.44. The molecule has 0 heterocycles. The number of hydrogen-bond donors (Lipinski definition) is 0. The zero-order chi connectivity index (χ0) is 7.45. The van der Waals surface area contributed by atoms with Crippen LogP contribution in [0, 0.1) is 5.41 Å². The van der Waals surface area contributed by atoms with Crippen LogP contribution in [-0.4, -0.2) is 20.0 Å². The highest BCUT2D eigenvalue weighted by Gasteiger charge is 2.35. The average Bonchev–Trinajstić information content (AvgIpc) is 1.87. The molecule has 0 unspecified atom stereocenters. The third-order valence-corrected chi connectivity index (χ3v) is 2.40. The van der Waals surface area contributed by atoms with Gasteiger partial charge in [-0.25, -0.2) is 0 Å². The van der Waals surface area contributed by atoms with Crippen LogP contribution in [0.1, 0.15) is 25.7 Å². The van der Waals surface area contributed by atoms with E-state index in [0.717, 1.165) is 32.2 Å². The predicted molar refractivity (Wildman–Crippen MR) is 38.8 cm³/mol. The van der Waals surface area contributed by atoms with Crippen LogP contribution in [0.5, 0.6) is 0 Å². The molecule has 0 aliphatic heterocycles. The minimum Gasteiger partial charge on any atom is -0.385 e. The van der Waals surface area contributed by atoms with Crippen molar-refractivity contribution >= 4 is 6.29 Å². The summed E-state index contributed by atoms with van der Waals surface area (Å²) in [5, 5.41) is 0. The van der Waals surface area contributed by atoms with E-state index in [2.05, 4.69) is 0 Å². The smallest absolute Gasteiger partial charge is 0.126 e. The second-order valence-corrected chi connectivity index (χ2v) is 3.08. The molecule has 1 aliphatic carbocycles. The van der Waals surface area contributed by atoms with E-state index >= 15 is 0 Å². The summed E-state index contributed by atoms with van der Waals surface area (Å²) >= 11 is 0. The molecule has 0 aromatic rings. The summed E-state index contributed by atoms with van der Waals surface area (Å²) in [6.07, 6.45) is 5.37. The lowest BCUT2D eigenvalue weighted by Gasteiger charge is -2.36. The van der Waals surface area contributed by atoms with Crippen molar-refractivity contribution in [3.63, 3.8) is 0 Å². The molecule has 1 aliphatic rings. The van der Waals surface area contributed by atoms with E-state index < -0.39 is 0 Å². The minimum absolute atomic E-state index is 0.00993. The molecular weight excluding hydrogens is 128 g/mol. The third kappa shape index (κ3) is 1.37. The van der Waals surface area contributed by atoms with E-state index in [1.807, 2.05) is 0 Å². The van der Waals surface area contributed by atoms with Crippen molar-refractivity contribution in [3.8, 4) is 0 Å². The van der Waals surface area contributed by atoms with Crippen LogP contribution in [0.25, 0.3) is 0 Å². The Bertz CT molecular complexity index is 116. The molecule has 0 bridgehead atoms. The van der Waals surface area contributed by atoms with E-state index in [9.17, 15) is 4.79 Å². The number of ether oxygens (including phenoxy) is 1. The molecule has 58 valence electrons. The molecular formula is C8H14O2. The first kappa shape index (κ1) is 7.73. The van der Waals surface area contributed by atoms with Gasteiger partial charge in [-0.2, -0.15) is 0 Å². The Hall–Kier alpha value is -0.370. The number of carbonyl (C=O) groups is 1. The highest BCUT2D eigenvalue weighted by Crippen LogP contribution is 2.41. The van der Waals surface area contributed by atoms with Crippen molar-refractivity contribution < 1.29 is 9.53 Å². The van der Waals surface area contributed by atoms with Gasteiger partial charge >= 0.3 is 0 Å². The van der Waals surface area contributed by atoms with Gasteiger partial charge in [-0.05, 0) is 19.3 Å². The van der Waals surface area contributed by atoms with Crippen LogP contribution in [0.15, 0.2) is 0 Å². The van der Waals surface area contributed by atoms with Gasteiger partial charge in [-0.3, -0.25) is 0 Å². The Labute approximate surface area is 61.6 Å². The molecule has 2 heteroatoms. The summed E-state index contributed by atoms with van der Waals surface area (Å²) in [5.41, 5.74) is 0.00993. The maximum atomic E-state index is 10.6. The molecule has 0 amide bonds. The van der Waals surface area contributed by atoms with Gasteiger partial charge in [0.25, 0.3) is 0 Å². The molecule has 1 rings (SSSR count). The molecule has 0 atom stereocenters. The lowest BCUT2D eigenvalue weighted by atomic mass is 9.68. The van der Waals surface area contributed by atoms with Crippen molar-refractivity contribution in [1.29, 1.82) is 0 Å². The summed E-state index contributed by atoms with van der Waals surface area (Å²) in [6, 6.07) is 0. The van der Waals surface area contributed by atoms with Gasteiger partial charge in [-0.1, -0.05) is 6.42 Å². The van der Waals surface area contributed by atoms with Crippen LogP contribution in [0.4, 0.5) is 0 Å². The van der Waals surface area contributed by atoms with Crippen molar-refractivity contribution in [3.05, 3.63) is 0 Å². The largest absolute Gasteiger partial charge is 0.385 e. The van der Waals surface area contributed by atoms with Crippen LogP contribution in [0.3, 0.4) is 0 Å². The summed E-state index contributed by atoms with van der Waals surface area (Å²) in [6.45, 7) is 0.721. The average molecular weight is 142 g/mol. The molecule has 1 saturated carbocycles. The number of methoxy groups -OCH3 is 1. The number of aldehydes is 1. The summed E-state index contributed by atoms with van der Waals surface area (Å²) < 4.78 is 4.92. The lowest BCUT2D eigenvalue weighted by Crippen LogP contribution is -2.32. The SMILES string of the molecule is COCCC1(C=O)CCC1. The zero-order valence-electron chi connectivity index (χ0n) is 6.43. The second-order valence-electron chi connectivity index (χ2n) is 3.08. The lowest BCUT2D eigenvalue weighted by molar-refractivity contribution is -0.121. The highest BCUT2D eigenvalue weighted by atomic mass is 16.5. The molecule has 10 heavy (non-hydrogen) atoms. The van der Waals surface area contributed by atoms with Crippen LogP contribution in [-0.2, 0) is 9.53 Å². The zero-order valence-corrected chi connectivity index (χ0v) is 6.43. The number of carbonyl (C=O) groups excluding carboxylic acids is 1. The van der Waals surface area contributed by atoms with E-state index in [1.54, 1.807) is 7.11 Å². The Balaban J connectivity index is 2.26. The molecule has 1 fully saturated rings. The minimum atomic E-state index is 0.00993. The fraction of sp³-hybridized carbons (Fsp3) is 0.875. The highest BCUT2D eigenvalue weighted by molar-refractivity contribution is 5.60. The van der Waals surface area contributed by atoms with Gasteiger partial charge in [0.1, 0.15) is 6.29 Å². The molecule has 2 nitrogen and oxygen atoms in total. The fourth-order valence-corrected chi connectivity index (χ4v) is 1.36. The third-order valence-electron chi connectivity index (χ3n) is 2.40. The van der Waals surface area contributed by atoms with E-state index in [-0.39, 0.29) is 5.41 Å². The predicted octanol–water partition coefficient (Wildman–Crippen LogP) is 1.39. The van der Waals surface area contributed by atoms with Gasteiger partial charge in [-0.15, -0.1) is 0 Å². The Morgan fingerprint density at radius 2 is 2.30 bits per heavy atom. The van der Waals surface area contributed by atoms with Crippen molar-refractivity contribution in [1.82, 2.24) is 0 Å². The summed E-state index contributed by atoms with van der Waals surface area (Å²) in [5.74, 6) is 0. The number of rotatable bonds is 4. The Morgan fingerprint density at radius 1 is 1.60 bits per heavy atom. The van der Waals surface area contributed by atoms with Crippen molar-refractivity contribution in [2.75, 3.05) is 13.7 Å². The summed E-state index contributed by atoms with van der Waals surface area (Å²) in [7, 11) is 1.68. The maximum absolute atomic E-state index is 10.6. The van der Waals surface area contributed by atoms with Gasteiger partial charge in [0.15, 0.2) is 0 Å². The topological polar surface area (TPSA) is 26.3 Å². The van der Waals surface area contributed by atoms with Crippen LogP contribution >= 0.6 is 0 Å². The Morgan fingerprint density at radius 3 is 2.60 bits per heavy atom. The standard InChI is InChI=1S/C8H14O2/c1-10-6-5-8(7-9)3-2-4-8/h7H,2-6H2,1H3. The molecule has 0 spiro atoms.